The van der Waals surface area contributed by atoms with Crippen molar-refractivity contribution in [2.75, 3.05) is 4.90 Å². The lowest BCUT2D eigenvalue weighted by atomic mass is 10.0. The van der Waals surface area contributed by atoms with E-state index < -0.39 is 5.97 Å². The van der Waals surface area contributed by atoms with E-state index in [2.05, 4.69) is 10.3 Å². The maximum atomic E-state index is 11.8. The van der Waals surface area contributed by atoms with E-state index in [4.69, 9.17) is 21.4 Å². The van der Waals surface area contributed by atoms with Gasteiger partial charge in [-0.05, 0) is 80.7 Å². The molecule has 1 aliphatic rings. The van der Waals surface area contributed by atoms with Crippen molar-refractivity contribution in [1.29, 1.82) is 0 Å². The molecular formula is C28H25N3O4S. The third kappa shape index (κ3) is 4.55. The molecule has 2 aromatic heterocycles. The molecule has 1 saturated heterocycles. The van der Waals surface area contributed by atoms with Gasteiger partial charge in [0.2, 0.25) is 0 Å². The summed E-state index contributed by atoms with van der Waals surface area (Å²) < 4.78 is 12.1. The van der Waals surface area contributed by atoms with Gasteiger partial charge in [0, 0.05) is 17.4 Å². The first-order valence-corrected chi connectivity index (χ1v) is 12.0. The second-order valence-corrected chi connectivity index (χ2v) is 9.10. The van der Waals surface area contributed by atoms with Gasteiger partial charge < -0.3 is 24.5 Å². The van der Waals surface area contributed by atoms with Crippen molar-refractivity contribution < 1.29 is 19.1 Å². The Kier molecular flexibility index (Phi) is 6.43. The molecule has 0 unspecified atom stereocenters. The smallest absolute Gasteiger partial charge is 0.336 e. The Labute approximate surface area is 214 Å². The molecule has 2 atom stereocenters. The highest BCUT2D eigenvalue weighted by Gasteiger charge is 2.42. The van der Waals surface area contributed by atoms with Gasteiger partial charge in [0.15, 0.2) is 5.11 Å². The molecule has 0 saturated carbocycles. The summed E-state index contributed by atoms with van der Waals surface area (Å²) in [6, 6.07) is 23.3. The maximum absolute atomic E-state index is 11.8. The zero-order valence-electron chi connectivity index (χ0n) is 19.8. The van der Waals surface area contributed by atoms with Crippen molar-refractivity contribution in [3.63, 3.8) is 0 Å². The van der Waals surface area contributed by atoms with Crippen molar-refractivity contribution in [3.05, 3.63) is 102 Å². The summed E-state index contributed by atoms with van der Waals surface area (Å²) in [5.41, 5.74) is 2.38. The molecule has 5 rings (SSSR count). The predicted octanol–water partition coefficient (Wildman–Crippen LogP) is 6.00. The average molecular weight is 500 g/mol. The molecule has 2 aromatic carbocycles. The molecule has 36 heavy (non-hydrogen) atoms. The number of benzene rings is 2. The molecular weight excluding hydrogens is 474 g/mol. The van der Waals surface area contributed by atoms with Gasteiger partial charge in [-0.15, -0.1) is 0 Å². The number of furan rings is 1. The Bertz CT molecular complexity index is 1390. The van der Waals surface area contributed by atoms with Gasteiger partial charge in [-0.2, -0.15) is 0 Å². The van der Waals surface area contributed by atoms with Crippen LogP contribution in [0.4, 0.5) is 5.69 Å². The summed E-state index contributed by atoms with van der Waals surface area (Å²) in [5, 5.41) is 13.6. The van der Waals surface area contributed by atoms with Gasteiger partial charge in [0.25, 0.3) is 0 Å². The van der Waals surface area contributed by atoms with Crippen LogP contribution in [0.2, 0.25) is 0 Å². The molecule has 4 aromatic rings. The number of carbonyl (C=O) groups is 1. The van der Waals surface area contributed by atoms with Gasteiger partial charge in [-0.25, -0.2) is 4.79 Å². The minimum Gasteiger partial charge on any atom is -0.491 e. The highest BCUT2D eigenvalue weighted by molar-refractivity contribution is 7.80. The highest BCUT2D eigenvalue weighted by atomic mass is 32.1. The summed E-state index contributed by atoms with van der Waals surface area (Å²) >= 11 is 5.77. The average Bonchev–Trinajstić information content (AvgIpc) is 3.49. The van der Waals surface area contributed by atoms with E-state index >= 15 is 0 Å². The Morgan fingerprint density at radius 3 is 2.50 bits per heavy atom. The molecule has 182 valence electrons. The van der Waals surface area contributed by atoms with Crippen LogP contribution in [-0.2, 0) is 0 Å². The van der Waals surface area contributed by atoms with Crippen molar-refractivity contribution >= 4 is 29.0 Å². The maximum Gasteiger partial charge on any atom is 0.336 e. The fraction of sp³-hybridized carbons (Fsp3) is 0.179. The third-order valence-electron chi connectivity index (χ3n) is 5.93. The number of aromatic carboxylic acids is 1. The number of thiocarbonyl (C=S) groups is 1. The first-order chi connectivity index (χ1) is 17.4. The Balaban J connectivity index is 1.57. The summed E-state index contributed by atoms with van der Waals surface area (Å²) in [6.45, 7) is 3.97. The van der Waals surface area contributed by atoms with Crippen LogP contribution in [0.25, 0.3) is 11.3 Å². The molecule has 0 amide bonds. The second-order valence-electron chi connectivity index (χ2n) is 8.71. The number of carboxylic acids is 1. The van der Waals surface area contributed by atoms with Crippen LogP contribution in [0.5, 0.6) is 5.75 Å². The van der Waals surface area contributed by atoms with Crippen LogP contribution in [-0.4, -0.2) is 27.3 Å². The minimum absolute atomic E-state index is 0.0712. The second kappa shape index (κ2) is 9.83. The van der Waals surface area contributed by atoms with E-state index in [0.29, 0.717) is 22.2 Å². The third-order valence-corrected chi connectivity index (χ3v) is 6.24. The summed E-state index contributed by atoms with van der Waals surface area (Å²) in [6.07, 6.45) is 1.82. The topological polar surface area (TPSA) is 87.8 Å². The van der Waals surface area contributed by atoms with Gasteiger partial charge >= 0.3 is 5.97 Å². The first kappa shape index (κ1) is 23.6. The van der Waals surface area contributed by atoms with E-state index in [0.717, 1.165) is 17.1 Å². The largest absolute Gasteiger partial charge is 0.491 e. The molecule has 1 fully saturated rings. The van der Waals surface area contributed by atoms with Crippen LogP contribution < -0.4 is 15.0 Å². The molecule has 7 nitrogen and oxygen atoms in total. The van der Waals surface area contributed by atoms with E-state index in [1.54, 1.807) is 36.5 Å². The number of aromatic nitrogens is 1. The summed E-state index contributed by atoms with van der Waals surface area (Å²) in [5.74, 6) is 0.871. The minimum atomic E-state index is -1.01. The molecule has 0 aliphatic carbocycles. The number of nitrogens with one attached hydrogen (secondary N) is 1. The molecule has 3 heterocycles. The molecule has 2 N–H and O–H groups in total. The quantitative estimate of drug-likeness (QED) is 0.299. The number of hydrogen-bond donors (Lipinski definition) is 2. The summed E-state index contributed by atoms with van der Waals surface area (Å²) in [7, 11) is 0. The zero-order valence-corrected chi connectivity index (χ0v) is 20.6. The zero-order chi connectivity index (χ0) is 25.2. The molecule has 0 radical (unpaired) electrons. The fourth-order valence-electron chi connectivity index (χ4n) is 4.42. The van der Waals surface area contributed by atoms with E-state index in [-0.39, 0.29) is 23.8 Å². The SMILES string of the molecule is CC(C)Oc1ccc(N2C(=S)N[C@@H](c3ccccn3)[C@H]2c2ccc(-c3ccccc3C(=O)O)o2)cc1. The predicted molar refractivity (Wildman–Crippen MR) is 141 cm³/mol. The van der Waals surface area contributed by atoms with Gasteiger partial charge in [0.05, 0.1) is 23.4 Å². The van der Waals surface area contributed by atoms with Crippen LogP contribution in [0, 0.1) is 0 Å². The van der Waals surface area contributed by atoms with E-state index in [1.165, 1.54) is 0 Å². The fourth-order valence-corrected chi connectivity index (χ4v) is 4.77. The normalized spacial score (nSPS) is 17.3. The summed E-state index contributed by atoms with van der Waals surface area (Å²) in [4.78, 5) is 18.3. The van der Waals surface area contributed by atoms with Crippen LogP contribution in [0.15, 0.2) is 89.5 Å². The first-order valence-electron chi connectivity index (χ1n) is 11.6. The number of rotatable bonds is 7. The number of ether oxygens (including phenoxy) is 1. The van der Waals surface area contributed by atoms with Gasteiger partial charge in [-0.3, -0.25) is 4.98 Å². The standard InChI is InChI=1S/C28H25N3O4S/c1-17(2)34-19-12-10-18(11-13-19)31-26(25(30-28(31)36)22-9-5-6-16-29-22)24-15-14-23(35-24)20-7-3-4-8-21(20)27(32)33/h3-17,25-26H,1-2H3,(H,30,36)(H,32,33)/t25-,26+/m0/s1. The lowest BCUT2D eigenvalue weighted by Gasteiger charge is -2.26. The Morgan fingerprint density at radius 2 is 1.81 bits per heavy atom. The number of anilines is 1. The van der Waals surface area contributed by atoms with Crippen molar-refractivity contribution in [3.8, 4) is 17.1 Å². The number of carboxylic acid groups (broad SMARTS) is 1. The monoisotopic (exact) mass is 499 g/mol. The van der Waals surface area contributed by atoms with Crippen molar-refractivity contribution in [1.82, 2.24) is 10.3 Å². The Morgan fingerprint density at radius 1 is 1.06 bits per heavy atom. The van der Waals surface area contributed by atoms with Crippen molar-refractivity contribution in [2.24, 2.45) is 0 Å². The van der Waals surface area contributed by atoms with Gasteiger partial charge in [-0.1, -0.05) is 24.3 Å². The van der Waals surface area contributed by atoms with Crippen LogP contribution in [0.3, 0.4) is 0 Å². The number of pyridine rings is 1. The lowest BCUT2D eigenvalue weighted by Crippen LogP contribution is -2.29. The molecule has 0 spiro atoms. The lowest BCUT2D eigenvalue weighted by molar-refractivity contribution is 0.0697. The molecule has 8 heteroatoms. The van der Waals surface area contributed by atoms with E-state index in [9.17, 15) is 9.90 Å². The number of hydrogen-bond acceptors (Lipinski definition) is 5. The van der Waals surface area contributed by atoms with Crippen LogP contribution >= 0.6 is 12.2 Å². The van der Waals surface area contributed by atoms with E-state index in [1.807, 2.05) is 67.3 Å². The molecule has 0 bridgehead atoms. The highest BCUT2D eigenvalue weighted by Crippen LogP contribution is 2.43. The van der Waals surface area contributed by atoms with Crippen molar-refractivity contribution in [2.45, 2.75) is 32.0 Å². The van der Waals surface area contributed by atoms with Gasteiger partial charge in [0.1, 0.15) is 23.3 Å². The Hall–Kier alpha value is -4.17. The molecule has 1 aliphatic heterocycles. The van der Waals surface area contributed by atoms with Crippen LogP contribution in [0.1, 0.15) is 47.7 Å². The number of nitrogens with zero attached hydrogens (tertiary/aromatic N) is 2.